The molecule has 0 spiro atoms. The number of piperidine rings is 1. The van der Waals surface area contributed by atoms with Gasteiger partial charge >= 0.3 is 0 Å². The Kier molecular flexibility index (Phi) is 9.53. The molecule has 27 heavy (non-hydrogen) atoms. The number of guanidine groups is 1. The highest BCUT2D eigenvalue weighted by Crippen LogP contribution is 2.17. The Bertz CT molecular complexity index is 560. The molecule has 1 aromatic rings. The number of rotatable bonds is 5. The molecule has 1 aromatic heterocycles. The number of aliphatic imine (C=N–C) groups is 1. The first-order valence-corrected chi connectivity index (χ1v) is 10.1. The predicted octanol–water partition coefficient (Wildman–Crippen LogP) is 2.06. The molecule has 0 aromatic carbocycles. The van der Waals surface area contributed by atoms with Crippen molar-refractivity contribution in [1.29, 1.82) is 0 Å². The van der Waals surface area contributed by atoms with Crippen molar-refractivity contribution in [3.8, 4) is 0 Å². The lowest BCUT2D eigenvalue weighted by Crippen LogP contribution is -2.53. The van der Waals surface area contributed by atoms with Crippen LogP contribution in [0.25, 0.3) is 0 Å². The number of nitrogens with zero attached hydrogens (tertiary/aromatic N) is 6. The van der Waals surface area contributed by atoms with Crippen LogP contribution >= 0.6 is 24.0 Å². The number of piperazine rings is 1. The molecule has 2 aliphatic rings. The van der Waals surface area contributed by atoms with Crippen LogP contribution in [0.1, 0.15) is 33.1 Å². The third kappa shape index (κ3) is 6.17. The summed E-state index contributed by atoms with van der Waals surface area (Å²) in [5.41, 5.74) is 0. The van der Waals surface area contributed by atoms with Gasteiger partial charge in [0, 0.05) is 51.2 Å². The van der Waals surface area contributed by atoms with Crippen LogP contribution in [0.4, 0.5) is 5.95 Å². The zero-order valence-electron chi connectivity index (χ0n) is 16.7. The maximum absolute atomic E-state index is 5.00. The number of nitrogens with one attached hydrogen (secondary N) is 1. The fourth-order valence-corrected chi connectivity index (χ4v) is 3.87. The average molecular weight is 487 g/mol. The second-order valence-corrected chi connectivity index (χ2v) is 7.00. The maximum atomic E-state index is 5.00. The Morgan fingerprint density at radius 1 is 1.11 bits per heavy atom. The van der Waals surface area contributed by atoms with E-state index in [1.165, 1.54) is 25.8 Å². The van der Waals surface area contributed by atoms with Gasteiger partial charge in [-0.2, -0.15) is 0 Å². The van der Waals surface area contributed by atoms with Crippen LogP contribution in [-0.4, -0.2) is 84.1 Å². The van der Waals surface area contributed by atoms with Crippen LogP contribution in [0.5, 0.6) is 0 Å². The molecule has 0 saturated carbocycles. The minimum Gasteiger partial charge on any atom is -0.357 e. The lowest BCUT2D eigenvalue weighted by Gasteiger charge is -2.37. The largest absolute Gasteiger partial charge is 0.357 e. The Labute approximate surface area is 180 Å². The molecule has 1 N–H and O–H groups in total. The topological polar surface area (TPSA) is 59.9 Å². The quantitative estimate of drug-likeness (QED) is 0.390. The highest BCUT2D eigenvalue weighted by Gasteiger charge is 2.23. The molecular weight excluding hydrogens is 453 g/mol. The highest BCUT2D eigenvalue weighted by molar-refractivity contribution is 14.0. The number of likely N-dealkylation sites (N-methyl/N-ethyl adjacent to an activating group) is 1. The highest BCUT2D eigenvalue weighted by atomic mass is 127. The third-order valence-electron chi connectivity index (χ3n) is 5.36. The van der Waals surface area contributed by atoms with E-state index in [-0.39, 0.29) is 24.0 Å². The van der Waals surface area contributed by atoms with E-state index in [9.17, 15) is 0 Å². The number of anilines is 1. The van der Waals surface area contributed by atoms with E-state index in [0.29, 0.717) is 6.04 Å². The first-order chi connectivity index (χ1) is 12.8. The average Bonchev–Trinajstić information content (AvgIpc) is 2.72. The summed E-state index contributed by atoms with van der Waals surface area (Å²) in [7, 11) is 0. The molecule has 1 atom stereocenters. The number of aromatic nitrogens is 2. The Balaban J connectivity index is 0.00000261. The van der Waals surface area contributed by atoms with Gasteiger partial charge in [-0.25, -0.2) is 9.97 Å². The van der Waals surface area contributed by atoms with Crippen LogP contribution in [0.3, 0.4) is 0 Å². The van der Waals surface area contributed by atoms with Crippen LogP contribution in [0.15, 0.2) is 23.5 Å². The van der Waals surface area contributed by atoms with Crippen molar-refractivity contribution in [3.63, 3.8) is 0 Å². The summed E-state index contributed by atoms with van der Waals surface area (Å²) >= 11 is 0. The zero-order chi connectivity index (χ0) is 18.2. The van der Waals surface area contributed by atoms with Gasteiger partial charge in [-0.1, -0.05) is 13.3 Å². The zero-order valence-corrected chi connectivity index (χ0v) is 19.0. The second kappa shape index (κ2) is 11.6. The number of hydrogen-bond donors (Lipinski definition) is 1. The molecule has 0 bridgehead atoms. The van der Waals surface area contributed by atoms with E-state index in [1.54, 1.807) is 0 Å². The van der Waals surface area contributed by atoms with Crippen LogP contribution in [0, 0.1) is 0 Å². The Morgan fingerprint density at radius 3 is 2.52 bits per heavy atom. The summed E-state index contributed by atoms with van der Waals surface area (Å²) < 4.78 is 0. The number of likely N-dealkylation sites (tertiary alicyclic amines) is 1. The van der Waals surface area contributed by atoms with Crippen LogP contribution in [0.2, 0.25) is 0 Å². The number of hydrogen-bond acceptors (Lipinski definition) is 5. The SMILES string of the molecule is CCNC(=NCC1CCCCN1CC)N1CCN(c2ncccn2)CC1.I. The summed E-state index contributed by atoms with van der Waals surface area (Å²) in [5, 5.41) is 3.49. The lowest BCUT2D eigenvalue weighted by atomic mass is 10.0. The van der Waals surface area contributed by atoms with Crippen molar-refractivity contribution in [2.45, 2.75) is 39.2 Å². The smallest absolute Gasteiger partial charge is 0.225 e. The molecule has 2 saturated heterocycles. The van der Waals surface area contributed by atoms with E-state index in [2.05, 4.69) is 43.8 Å². The fourth-order valence-electron chi connectivity index (χ4n) is 3.87. The molecule has 7 nitrogen and oxygen atoms in total. The molecule has 3 heterocycles. The van der Waals surface area contributed by atoms with Gasteiger partial charge in [-0.15, -0.1) is 24.0 Å². The molecule has 3 rings (SSSR count). The summed E-state index contributed by atoms with van der Waals surface area (Å²) in [4.78, 5) is 20.9. The maximum Gasteiger partial charge on any atom is 0.225 e. The van der Waals surface area contributed by atoms with Crippen molar-refractivity contribution in [2.24, 2.45) is 4.99 Å². The Hall–Kier alpha value is -1.16. The molecular formula is C19H34IN7. The monoisotopic (exact) mass is 487 g/mol. The Morgan fingerprint density at radius 2 is 1.85 bits per heavy atom. The van der Waals surface area contributed by atoms with Crippen molar-refractivity contribution in [1.82, 2.24) is 25.1 Å². The van der Waals surface area contributed by atoms with Gasteiger partial charge in [-0.05, 0) is 38.9 Å². The van der Waals surface area contributed by atoms with E-state index in [0.717, 1.165) is 57.7 Å². The molecule has 152 valence electrons. The summed E-state index contributed by atoms with van der Waals surface area (Å²) in [6, 6.07) is 2.46. The van der Waals surface area contributed by atoms with Gasteiger partial charge in [0.15, 0.2) is 5.96 Å². The van der Waals surface area contributed by atoms with Crippen LogP contribution in [-0.2, 0) is 0 Å². The van der Waals surface area contributed by atoms with Crippen molar-refractivity contribution < 1.29 is 0 Å². The molecule has 2 fully saturated rings. The molecule has 2 aliphatic heterocycles. The van der Waals surface area contributed by atoms with Gasteiger partial charge in [0.05, 0.1) is 6.54 Å². The van der Waals surface area contributed by atoms with E-state index in [4.69, 9.17) is 4.99 Å². The summed E-state index contributed by atoms with van der Waals surface area (Å²) in [6.45, 7) is 12.3. The van der Waals surface area contributed by atoms with E-state index >= 15 is 0 Å². The van der Waals surface area contributed by atoms with Gasteiger partial charge in [-0.3, -0.25) is 9.89 Å². The molecule has 8 heteroatoms. The van der Waals surface area contributed by atoms with Crippen molar-refractivity contribution >= 4 is 35.9 Å². The fraction of sp³-hybridized carbons (Fsp3) is 0.737. The second-order valence-electron chi connectivity index (χ2n) is 7.00. The predicted molar refractivity (Wildman–Crippen MR) is 122 cm³/mol. The normalized spacial score (nSPS) is 21.7. The summed E-state index contributed by atoms with van der Waals surface area (Å²) in [5.74, 6) is 1.89. The molecule has 0 radical (unpaired) electrons. The van der Waals surface area contributed by atoms with Gasteiger partial charge in [0.1, 0.15) is 0 Å². The summed E-state index contributed by atoms with van der Waals surface area (Å²) in [6.07, 6.45) is 7.56. The van der Waals surface area contributed by atoms with E-state index in [1.807, 2.05) is 18.5 Å². The molecule has 1 unspecified atom stereocenters. The lowest BCUT2D eigenvalue weighted by molar-refractivity contribution is 0.161. The van der Waals surface area contributed by atoms with Crippen molar-refractivity contribution in [3.05, 3.63) is 18.5 Å². The van der Waals surface area contributed by atoms with Crippen LogP contribution < -0.4 is 10.2 Å². The van der Waals surface area contributed by atoms with E-state index < -0.39 is 0 Å². The molecule has 0 aliphatic carbocycles. The van der Waals surface area contributed by atoms with Gasteiger partial charge in [0.25, 0.3) is 0 Å². The minimum atomic E-state index is 0. The van der Waals surface area contributed by atoms with Crippen molar-refractivity contribution in [2.75, 3.05) is 57.3 Å². The molecule has 0 amide bonds. The third-order valence-corrected chi connectivity index (χ3v) is 5.36. The van der Waals surface area contributed by atoms with Gasteiger partial charge < -0.3 is 15.1 Å². The minimum absolute atomic E-state index is 0. The first-order valence-electron chi connectivity index (χ1n) is 10.1. The standard InChI is InChI=1S/C19H33N7.HI/c1-3-20-18(23-16-17-8-5-6-11-24(17)4-2)25-12-14-26(15-13-25)19-21-9-7-10-22-19;/h7,9-10,17H,3-6,8,11-16H2,1-2H3,(H,20,23);1H. The van der Waals surface area contributed by atoms with Gasteiger partial charge in [0.2, 0.25) is 5.95 Å². The number of halogens is 1. The first kappa shape index (κ1) is 22.1.